The Hall–Kier alpha value is -1.73. The van der Waals surface area contributed by atoms with Crippen LogP contribution >= 0.6 is 11.3 Å². The van der Waals surface area contributed by atoms with Crippen molar-refractivity contribution in [3.05, 3.63) is 29.0 Å². The second-order valence-electron chi connectivity index (χ2n) is 5.76. The second-order valence-corrected chi connectivity index (χ2v) is 6.61. The van der Waals surface area contributed by atoms with Crippen LogP contribution in [-0.2, 0) is 18.4 Å². The minimum absolute atomic E-state index is 0.0714. The van der Waals surface area contributed by atoms with Crippen molar-refractivity contribution < 1.29 is 4.79 Å². The summed E-state index contributed by atoms with van der Waals surface area (Å²) in [6, 6.07) is 2.13. The van der Waals surface area contributed by atoms with Gasteiger partial charge in [-0.2, -0.15) is 5.10 Å². The molecule has 1 saturated heterocycles. The fourth-order valence-electron chi connectivity index (χ4n) is 2.99. The van der Waals surface area contributed by atoms with Crippen molar-refractivity contribution in [3.63, 3.8) is 0 Å². The Morgan fingerprint density at radius 3 is 2.86 bits per heavy atom. The van der Waals surface area contributed by atoms with Crippen LogP contribution in [0, 0.1) is 0 Å². The lowest BCUT2D eigenvalue weighted by molar-refractivity contribution is -0.114. The number of carbonyl (C=O) groups is 1. The van der Waals surface area contributed by atoms with E-state index in [2.05, 4.69) is 26.4 Å². The molecule has 0 radical (unpaired) electrons. The summed E-state index contributed by atoms with van der Waals surface area (Å²) in [5.41, 5.74) is 2.37. The summed E-state index contributed by atoms with van der Waals surface area (Å²) in [7, 11) is 2.01. The SMILES string of the molecule is CC(=O)Nc1nc(CN2CCC(c3ccnn3C)CC2)cs1. The summed E-state index contributed by atoms with van der Waals surface area (Å²) in [6.07, 6.45) is 4.19. The van der Waals surface area contributed by atoms with E-state index in [1.165, 1.54) is 24.0 Å². The van der Waals surface area contributed by atoms with E-state index in [0.29, 0.717) is 11.0 Å². The maximum Gasteiger partial charge on any atom is 0.223 e. The largest absolute Gasteiger partial charge is 0.302 e. The number of amides is 1. The number of anilines is 1. The summed E-state index contributed by atoms with van der Waals surface area (Å²) in [5.74, 6) is 0.534. The summed E-state index contributed by atoms with van der Waals surface area (Å²) in [4.78, 5) is 17.9. The minimum atomic E-state index is -0.0714. The molecule has 2 aromatic heterocycles. The molecule has 3 heterocycles. The summed E-state index contributed by atoms with van der Waals surface area (Å²) < 4.78 is 1.99. The third-order valence-corrected chi connectivity index (χ3v) is 4.89. The molecule has 1 fully saturated rings. The molecule has 0 aliphatic carbocycles. The van der Waals surface area contributed by atoms with Crippen LogP contribution in [-0.4, -0.2) is 38.7 Å². The van der Waals surface area contributed by atoms with Crippen molar-refractivity contribution in [2.24, 2.45) is 7.05 Å². The van der Waals surface area contributed by atoms with E-state index in [1.807, 2.05) is 23.3 Å². The first-order chi connectivity index (χ1) is 10.6. The third kappa shape index (κ3) is 3.53. The van der Waals surface area contributed by atoms with Crippen LogP contribution in [0.15, 0.2) is 17.6 Å². The van der Waals surface area contributed by atoms with Crippen LogP contribution in [0.4, 0.5) is 5.13 Å². The normalized spacial score (nSPS) is 16.8. The number of nitrogens with zero attached hydrogens (tertiary/aromatic N) is 4. The van der Waals surface area contributed by atoms with Crippen molar-refractivity contribution in [1.29, 1.82) is 0 Å². The fraction of sp³-hybridized carbons (Fsp3) is 0.533. The Labute approximate surface area is 134 Å². The summed E-state index contributed by atoms with van der Waals surface area (Å²) >= 11 is 1.49. The molecule has 22 heavy (non-hydrogen) atoms. The summed E-state index contributed by atoms with van der Waals surface area (Å²) in [5, 5.41) is 9.71. The smallest absolute Gasteiger partial charge is 0.223 e. The van der Waals surface area contributed by atoms with E-state index < -0.39 is 0 Å². The molecule has 0 unspecified atom stereocenters. The van der Waals surface area contributed by atoms with Gasteiger partial charge in [-0.15, -0.1) is 11.3 Å². The number of aromatic nitrogens is 3. The van der Waals surface area contributed by atoms with Gasteiger partial charge >= 0.3 is 0 Å². The molecule has 0 bridgehead atoms. The van der Waals surface area contributed by atoms with Gasteiger partial charge in [0.05, 0.1) is 5.69 Å². The highest BCUT2D eigenvalue weighted by Crippen LogP contribution is 2.28. The lowest BCUT2D eigenvalue weighted by atomic mass is 9.93. The fourth-order valence-corrected chi connectivity index (χ4v) is 3.74. The van der Waals surface area contributed by atoms with E-state index in [9.17, 15) is 4.79 Å². The van der Waals surface area contributed by atoms with Crippen molar-refractivity contribution in [2.45, 2.75) is 32.2 Å². The number of carbonyl (C=O) groups excluding carboxylic acids is 1. The standard InChI is InChI=1S/C15H21N5OS/c1-11(21)17-15-18-13(10-22-15)9-20-7-4-12(5-8-20)14-3-6-16-19(14)2/h3,6,10,12H,4-5,7-9H2,1-2H3,(H,17,18,21). The summed E-state index contributed by atoms with van der Waals surface area (Å²) in [6.45, 7) is 4.50. The molecule has 1 amide bonds. The Morgan fingerprint density at radius 2 is 2.23 bits per heavy atom. The van der Waals surface area contributed by atoms with Crippen LogP contribution in [0.5, 0.6) is 0 Å². The Kier molecular flexibility index (Phi) is 4.54. The zero-order chi connectivity index (χ0) is 15.5. The highest BCUT2D eigenvalue weighted by Gasteiger charge is 2.23. The molecule has 0 saturated carbocycles. The maximum atomic E-state index is 11.0. The van der Waals surface area contributed by atoms with Crippen molar-refractivity contribution >= 4 is 22.4 Å². The predicted molar refractivity (Wildman–Crippen MR) is 86.9 cm³/mol. The van der Waals surface area contributed by atoms with Gasteiger partial charge in [0, 0.05) is 43.7 Å². The molecule has 7 heteroatoms. The van der Waals surface area contributed by atoms with Crippen LogP contribution in [0.3, 0.4) is 0 Å². The zero-order valence-electron chi connectivity index (χ0n) is 13.0. The first kappa shape index (κ1) is 15.2. The maximum absolute atomic E-state index is 11.0. The van der Waals surface area contributed by atoms with E-state index in [4.69, 9.17) is 0 Å². The third-order valence-electron chi connectivity index (χ3n) is 4.09. The van der Waals surface area contributed by atoms with Crippen molar-refractivity contribution in [3.8, 4) is 0 Å². The molecule has 0 aromatic carbocycles. The first-order valence-corrected chi connectivity index (χ1v) is 8.42. The van der Waals surface area contributed by atoms with Crippen molar-refractivity contribution in [1.82, 2.24) is 19.7 Å². The molecule has 3 rings (SSSR count). The molecule has 1 aliphatic rings. The number of nitrogens with one attached hydrogen (secondary N) is 1. The van der Waals surface area contributed by atoms with Gasteiger partial charge in [-0.3, -0.25) is 14.4 Å². The van der Waals surface area contributed by atoms with Crippen molar-refractivity contribution in [2.75, 3.05) is 18.4 Å². The number of piperidine rings is 1. The highest BCUT2D eigenvalue weighted by atomic mass is 32.1. The molecular formula is C15H21N5OS. The van der Waals surface area contributed by atoms with Gasteiger partial charge in [0.2, 0.25) is 5.91 Å². The quantitative estimate of drug-likeness (QED) is 0.938. The van der Waals surface area contributed by atoms with Gasteiger partial charge in [-0.05, 0) is 32.0 Å². The molecule has 0 spiro atoms. The monoisotopic (exact) mass is 319 g/mol. The van der Waals surface area contributed by atoms with Crippen LogP contribution in [0.1, 0.15) is 37.1 Å². The molecule has 118 valence electrons. The van der Waals surface area contributed by atoms with E-state index in [-0.39, 0.29) is 5.91 Å². The Balaban J connectivity index is 1.52. The molecule has 1 N–H and O–H groups in total. The molecule has 2 aromatic rings. The van der Waals surface area contributed by atoms with E-state index >= 15 is 0 Å². The van der Waals surface area contributed by atoms with Crippen LogP contribution in [0.25, 0.3) is 0 Å². The van der Waals surface area contributed by atoms with Gasteiger partial charge < -0.3 is 5.32 Å². The van der Waals surface area contributed by atoms with Crippen LogP contribution in [0.2, 0.25) is 0 Å². The number of hydrogen-bond donors (Lipinski definition) is 1. The number of hydrogen-bond acceptors (Lipinski definition) is 5. The molecular weight excluding hydrogens is 298 g/mol. The highest BCUT2D eigenvalue weighted by molar-refractivity contribution is 7.13. The van der Waals surface area contributed by atoms with Crippen LogP contribution < -0.4 is 5.32 Å². The number of likely N-dealkylation sites (tertiary alicyclic amines) is 1. The predicted octanol–water partition coefficient (Wildman–Crippen LogP) is 2.21. The van der Waals surface area contributed by atoms with Gasteiger partial charge in [0.15, 0.2) is 5.13 Å². The number of thiazole rings is 1. The number of aryl methyl sites for hydroxylation is 1. The van der Waals surface area contributed by atoms with Gasteiger partial charge in [0.25, 0.3) is 0 Å². The van der Waals surface area contributed by atoms with E-state index in [0.717, 1.165) is 38.2 Å². The lowest BCUT2D eigenvalue weighted by Gasteiger charge is -2.31. The lowest BCUT2D eigenvalue weighted by Crippen LogP contribution is -2.33. The average molecular weight is 319 g/mol. The Bertz CT molecular complexity index is 642. The molecule has 6 nitrogen and oxygen atoms in total. The minimum Gasteiger partial charge on any atom is -0.302 e. The average Bonchev–Trinajstić information content (AvgIpc) is 3.08. The molecule has 1 aliphatic heterocycles. The van der Waals surface area contributed by atoms with Gasteiger partial charge in [-0.25, -0.2) is 4.98 Å². The van der Waals surface area contributed by atoms with Gasteiger partial charge in [0.1, 0.15) is 0 Å². The van der Waals surface area contributed by atoms with Gasteiger partial charge in [-0.1, -0.05) is 0 Å². The second kappa shape index (κ2) is 6.58. The number of rotatable bonds is 4. The first-order valence-electron chi connectivity index (χ1n) is 7.54. The molecule has 0 atom stereocenters. The topological polar surface area (TPSA) is 63.1 Å². The van der Waals surface area contributed by atoms with E-state index in [1.54, 1.807) is 0 Å². The zero-order valence-corrected chi connectivity index (χ0v) is 13.8. The Morgan fingerprint density at radius 1 is 1.45 bits per heavy atom.